The highest BCUT2D eigenvalue weighted by Gasteiger charge is 2.17. The van der Waals surface area contributed by atoms with Crippen LogP contribution in [-0.4, -0.2) is 21.3 Å². The number of imidazole rings is 1. The van der Waals surface area contributed by atoms with Crippen LogP contribution < -0.4 is 4.74 Å². The second-order valence-electron chi connectivity index (χ2n) is 6.48. The van der Waals surface area contributed by atoms with Gasteiger partial charge in [-0.3, -0.25) is 0 Å². The number of aliphatic hydroxyl groups excluding tert-OH is 1. The van der Waals surface area contributed by atoms with Crippen molar-refractivity contribution in [3.05, 3.63) is 59.4 Å². The lowest BCUT2D eigenvalue weighted by molar-refractivity contribution is 0.150. The number of fused-ring (bicyclic) bond motifs is 1. The maximum atomic E-state index is 10.5. The Labute approximate surface area is 149 Å². The van der Waals surface area contributed by atoms with Gasteiger partial charge in [-0.25, -0.2) is 4.98 Å². The molecule has 25 heavy (non-hydrogen) atoms. The summed E-state index contributed by atoms with van der Waals surface area (Å²) in [5.74, 6) is 1.68. The molecule has 0 radical (unpaired) electrons. The molecule has 0 aliphatic rings. The summed E-state index contributed by atoms with van der Waals surface area (Å²) in [4.78, 5) is 4.65. The van der Waals surface area contributed by atoms with Crippen LogP contribution in [-0.2, 0) is 6.54 Å². The molecule has 0 aliphatic heterocycles. The summed E-state index contributed by atoms with van der Waals surface area (Å²) < 4.78 is 8.14. The number of aliphatic hydroxyl groups is 1. The standard InChI is InChI=1S/C21H26N2O2/c1-4-8-19(24)21-22-17-11-5-6-12-18(17)23(21)13-14-25-20-15(2)9-7-10-16(20)3/h5-7,9-12,19,24H,4,8,13-14H2,1-3H3/t19-/m1/s1. The SMILES string of the molecule is CCC[C@@H](O)c1nc2ccccc2n1CCOc1c(C)cccc1C. The molecule has 0 fully saturated rings. The molecular weight excluding hydrogens is 312 g/mol. The molecule has 132 valence electrons. The third kappa shape index (κ3) is 3.69. The van der Waals surface area contributed by atoms with Crippen molar-refractivity contribution in [1.29, 1.82) is 0 Å². The fraction of sp³-hybridized carbons (Fsp3) is 0.381. The number of ether oxygens (including phenoxy) is 1. The second-order valence-corrected chi connectivity index (χ2v) is 6.48. The van der Waals surface area contributed by atoms with E-state index in [1.54, 1.807) is 0 Å². The van der Waals surface area contributed by atoms with E-state index in [1.165, 1.54) is 0 Å². The largest absolute Gasteiger partial charge is 0.491 e. The van der Waals surface area contributed by atoms with Gasteiger partial charge in [0.2, 0.25) is 0 Å². The van der Waals surface area contributed by atoms with Crippen LogP contribution in [0.5, 0.6) is 5.75 Å². The quantitative estimate of drug-likeness (QED) is 0.687. The molecule has 1 atom stereocenters. The molecule has 1 heterocycles. The molecule has 0 amide bonds. The lowest BCUT2D eigenvalue weighted by Crippen LogP contribution is -2.14. The van der Waals surface area contributed by atoms with Gasteiger partial charge in [-0.2, -0.15) is 0 Å². The summed E-state index contributed by atoms with van der Waals surface area (Å²) in [6, 6.07) is 14.2. The normalized spacial score (nSPS) is 12.5. The van der Waals surface area contributed by atoms with E-state index < -0.39 is 6.10 Å². The number of benzene rings is 2. The van der Waals surface area contributed by atoms with Gasteiger partial charge in [0, 0.05) is 0 Å². The number of nitrogens with zero attached hydrogens (tertiary/aromatic N) is 2. The minimum Gasteiger partial charge on any atom is -0.491 e. The zero-order valence-electron chi connectivity index (χ0n) is 15.2. The van der Waals surface area contributed by atoms with Crippen molar-refractivity contribution in [3.8, 4) is 5.75 Å². The first kappa shape index (κ1) is 17.5. The highest BCUT2D eigenvalue weighted by Crippen LogP contribution is 2.25. The van der Waals surface area contributed by atoms with Crippen molar-refractivity contribution < 1.29 is 9.84 Å². The molecular formula is C21H26N2O2. The molecule has 0 unspecified atom stereocenters. The fourth-order valence-electron chi connectivity index (χ4n) is 3.25. The van der Waals surface area contributed by atoms with Crippen molar-refractivity contribution in [3.63, 3.8) is 0 Å². The van der Waals surface area contributed by atoms with Crippen LogP contribution in [0, 0.1) is 13.8 Å². The number of rotatable bonds is 7. The summed E-state index contributed by atoms with van der Waals surface area (Å²) in [5, 5.41) is 10.5. The zero-order chi connectivity index (χ0) is 17.8. The highest BCUT2D eigenvalue weighted by atomic mass is 16.5. The molecule has 0 aliphatic carbocycles. The maximum Gasteiger partial charge on any atom is 0.138 e. The number of aromatic nitrogens is 2. The van der Waals surface area contributed by atoms with Crippen molar-refractivity contribution in [2.75, 3.05) is 6.61 Å². The Bertz CT molecular complexity index is 834. The second kappa shape index (κ2) is 7.70. The van der Waals surface area contributed by atoms with Gasteiger partial charge < -0.3 is 14.4 Å². The van der Waals surface area contributed by atoms with E-state index in [0.717, 1.165) is 40.2 Å². The summed E-state index contributed by atoms with van der Waals surface area (Å²) in [6.07, 6.45) is 1.09. The number of para-hydroxylation sites is 3. The number of aryl methyl sites for hydroxylation is 2. The highest BCUT2D eigenvalue weighted by molar-refractivity contribution is 5.76. The Balaban J connectivity index is 1.83. The average molecular weight is 338 g/mol. The molecule has 0 saturated carbocycles. The van der Waals surface area contributed by atoms with Crippen LogP contribution in [0.2, 0.25) is 0 Å². The Morgan fingerprint density at radius 1 is 1.08 bits per heavy atom. The smallest absolute Gasteiger partial charge is 0.138 e. The molecule has 4 heteroatoms. The predicted octanol–water partition coefficient (Wildman–Crippen LogP) is 4.57. The first-order chi connectivity index (χ1) is 12.1. The summed E-state index contributed by atoms with van der Waals surface area (Å²) in [7, 11) is 0. The molecule has 1 aromatic heterocycles. The maximum absolute atomic E-state index is 10.5. The van der Waals surface area contributed by atoms with E-state index in [0.29, 0.717) is 19.6 Å². The van der Waals surface area contributed by atoms with Gasteiger partial charge in [-0.1, -0.05) is 43.7 Å². The van der Waals surface area contributed by atoms with E-state index in [9.17, 15) is 5.11 Å². The van der Waals surface area contributed by atoms with E-state index in [-0.39, 0.29) is 0 Å². The van der Waals surface area contributed by atoms with Gasteiger partial charge in [0.1, 0.15) is 24.3 Å². The molecule has 4 nitrogen and oxygen atoms in total. The molecule has 0 bridgehead atoms. The third-order valence-electron chi connectivity index (χ3n) is 4.51. The third-order valence-corrected chi connectivity index (χ3v) is 4.51. The summed E-state index contributed by atoms with van der Waals surface area (Å²) in [5.41, 5.74) is 4.24. The first-order valence-electron chi connectivity index (χ1n) is 8.94. The van der Waals surface area contributed by atoms with Crippen LogP contribution >= 0.6 is 0 Å². The van der Waals surface area contributed by atoms with E-state index in [2.05, 4.69) is 42.5 Å². The van der Waals surface area contributed by atoms with Crippen LogP contribution in [0.1, 0.15) is 42.8 Å². The molecule has 1 N–H and O–H groups in total. The fourth-order valence-corrected chi connectivity index (χ4v) is 3.25. The lowest BCUT2D eigenvalue weighted by Gasteiger charge is -2.16. The minimum absolute atomic E-state index is 0.540. The molecule has 2 aromatic carbocycles. The zero-order valence-corrected chi connectivity index (χ0v) is 15.2. The van der Waals surface area contributed by atoms with Crippen LogP contribution in [0.15, 0.2) is 42.5 Å². The predicted molar refractivity (Wildman–Crippen MR) is 101 cm³/mol. The van der Waals surface area contributed by atoms with E-state index in [1.807, 2.05) is 30.3 Å². The molecule has 3 rings (SSSR count). The van der Waals surface area contributed by atoms with Crippen molar-refractivity contribution in [1.82, 2.24) is 9.55 Å². The molecule has 0 spiro atoms. The molecule has 0 saturated heterocycles. The Morgan fingerprint density at radius 3 is 2.52 bits per heavy atom. The Kier molecular flexibility index (Phi) is 5.39. The van der Waals surface area contributed by atoms with Gasteiger partial charge in [0.15, 0.2) is 0 Å². The summed E-state index contributed by atoms with van der Waals surface area (Å²) in [6.45, 7) is 7.39. The van der Waals surface area contributed by atoms with Crippen molar-refractivity contribution in [2.45, 2.75) is 46.3 Å². The van der Waals surface area contributed by atoms with Gasteiger partial charge in [-0.05, 0) is 43.5 Å². The van der Waals surface area contributed by atoms with Crippen LogP contribution in [0.3, 0.4) is 0 Å². The van der Waals surface area contributed by atoms with Crippen LogP contribution in [0.4, 0.5) is 0 Å². The van der Waals surface area contributed by atoms with E-state index >= 15 is 0 Å². The van der Waals surface area contributed by atoms with Gasteiger partial charge in [-0.15, -0.1) is 0 Å². The number of hydrogen-bond acceptors (Lipinski definition) is 3. The average Bonchev–Trinajstić information content (AvgIpc) is 2.97. The van der Waals surface area contributed by atoms with Gasteiger partial charge >= 0.3 is 0 Å². The number of hydrogen-bond donors (Lipinski definition) is 1. The first-order valence-corrected chi connectivity index (χ1v) is 8.94. The van der Waals surface area contributed by atoms with E-state index in [4.69, 9.17) is 4.74 Å². The van der Waals surface area contributed by atoms with Gasteiger partial charge in [0.05, 0.1) is 17.6 Å². The topological polar surface area (TPSA) is 47.3 Å². The van der Waals surface area contributed by atoms with Gasteiger partial charge in [0.25, 0.3) is 0 Å². The van der Waals surface area contributed by atoms with Crippen molar-refractivity contribution >= 4 is 11.0 Å². The van der Waals surface area contributed by atoms with Crippen molar-refractivity contribution in [2.24, 2.45) is 0 Å². The Morgan fingerprint density at radius 2 is 1.80 bits per heavy atom. The Hall–Kier alpha value is -2.33. The monoisotopic (exact) mass is 338 g/mol. The lowest BCUT2D eigenvalue weighted by atomic mass is 10.1. The van der Waals surface area contributed by atoms with Crippen LogP contribution in [0.25, 0.3) is 11.0 Å². The molecule has 3 aromatic rings. The summed E-state index contributed by atoms with van der Waals surface area (Å²) >= 11 is 0. The minimum atomic E-state index is -0.544.